The highest BCUT2D eigenvalue weighted by atomic mass is 16.6. The van der Waals surface area contributed by atoms with E-state index in [9.17, 15) is 4.79 Å². The molecule has 1 heterocycles. The van der Waals surface area contributed by atoms with Crippen molar-refractivity contribution in [3.8, 4) is 5.75 Å². The summed E-state index contributed by atoms with van der Waals surface area (Å²) in [5.41, 5.74) is 1.87. The molecule has 0 fully saturated rings. The molecule has 1 aliphatic heterocycles. The molecule has 1 aromatic carbocycles. The Labute approximate surface area is 132 Å². The number of methoxy groups -OCH3 is 1. The predicted octanol–water partition coefficient (Wildman–Crippen LogP) is 4.11. The minimum Gasteiger partial charge on any atom is -0.497 e. The lowest BCUT2D eigenvalue weighted by Crippen LogP contribution is -2.42. The minimum atomic E-state index is -0.488. The van der Waals surface area contributed by atoms with Gasteiger partial charge in [-0.3, -0.25) is 4.90 Å². The summed E-state index contributed by atoms with van der Waals surface area (Å²) in [7, 11) is 1.67. The third-order valence-corrected chi connectivity index (χ3v) is 3.63. The maximum absolute atomic E-state index is 12.5. The van der Waals surface area contributed by atoms with Gasteiger partial charge < -0.3 is 9.47 Å². The van der Waals surface area contributed by atoms with Crippen molar-refractivity contribution in [2.24, 2.45) is 0 Å². The molecular weight excluding hydrogens is 278 g/mol. The van der Waals surface area contributed by atoms with Gasteiger partial charge in [0.05, 0.1) is 13.2 Å². The molecule has 22 heavy (non-hydrogen) atoms. The van der Waals surface area contributed by atoms with E-state index in [-0.39, 0.29) is 12.1 Å². The first kappa shape index (κ1) is 16.4. The van der Waals surface area contributed by atoms with Gasteiger partial charge in [0.25, 0.3) is 0 Å². The molecule has 0 saturated heterocycles. The van der Waals surface area contributed by atoms with Gasteiger partial charge in [-0.25, -0.2) is 4.79 Å². The van der Waals surface area contributed by atoms with E-state index in [0.717, 1.165) is 17.7 Å². The van der Waals surface area contributed by atoms with Crippen LogP contribution in [-0.4, -0.2) is 30.2 Å². The van der Waals surface area contributed by atoms with Gasteiger partial charge in [0.1, 0.15) is 11.4 Å². The molecule has 4 heteroatoms. The van der Waals surface area contributed by atoms with Crippen molar-refractivity contribution in [3.63, 3.8) is 0 Å². The standard InChI is InChI=1S/C18H25NO3/c1-6-7-16-15-9-8-14(21-5)12-13(15)10-11-19(16)17(20)22-18(2,3)4/h6-9,12,16H,10-11H2,1-5H3/b7-6+/t16-/m0/s1. The van der Waals surface area contributed by atoms with Gasteiger partial charge in [-0.2, -0.15) is 0 Å². The lowest BCUT2D eigenvalue weighted by atomic mass is 9.92. The van der Waals surface area contributed by atoms with Crippen molar-refractivity contribution in [2.75, 3.05) is 13.7 Å². The molecule has 1 aromatic rings. The molecule has 0 N–H and O–H groups in total. The highest BCUT2D eigenvalue weighted by Gasteiger charge is 2.32. The van der Waals surface area contributed by atoms with Crippen LogP contribution in [0.2, 0.25) is 0 Å². The normalized spacial score (nSPS) is 18.2. The van der Waals surface area contributed by atoms with Crippen molar-refractivity contribution in [3.05, 3.63) is 41.5 Å². The van der Waals surface area contributed by atoms with Crippen molar-refractivity contribution in [1.29, 1.82) is 0 Å². The number of nitrogens with zero attached hydrogens (tertiary/aromatic N) is 1. The fraction of sp³-hybridized carbons (Fsp3) is 0.500. The van der Waals surface area contributed by atoms with Crippen LogP contribution in [0.4, 0.5) is 4.79 Å². The van der Waals surface area contributed by atoms with Crippen LogP contribution in [0.15, 0.2) is 30.4 Å². The quantitative estimate of drug-likeness (QED) is 0.772. The number of hydrogen-bond donors (Lipinski definition) is 0. The van der Waals surface area contributed by atoms with Crippen LogP contribution in [0, 0.1) is 0 Å². The third kappa shape index (κ3) is 3.62. The van der Waals surface area contributed by atoms with Crippen LogP contribution in [0.1, 0.15) is 44.9 Å². The Morgan fingerprint density at radius 1 is 1.36 bits per heavy atom. The Morgan fingerprint density at radius 3 is 2.68 bits per heavy atom. The van der Waals surface area contributed by atoms with Gasteiger partial charge in [-0.1, -0.05) is 18.2 Å². The van der Waals surface area contributed by atoms with Gasteiger partial charge in [-0.15, -0.1) is 0 Å². The second-order valence-electron chi connectivity index (χ2n) is 6.46. The van der Waals surface area contributed by atoms with Gasteiger partial charge >= 0.3 is 6.09 Å². The first-order chi connectivity index (χ1) is 10.4. The van der Waals surface area contributed by atoms with Crippen LogP contribution < -0.4 is 4.74 Å². The summed E-state index contributed by atoms with van der Waals surface area (Å²) in [5, 5.41) is 0. The van der Waals surface area contributed by atoms with E-state index in [0.29, 0.717) is 6.54 Å². The summed E-state index contributed by atoms with van der Waals surface area (Å²) in [4.78, 5) is 14.3. The van der Waals surface area contributed by atoms with E-state index in [1.54, 1.807) is 12.0 Å². The van der Waals surface area contributed by atoms with E-state index in [1.807, 2.05) is 52.0 Å². The molecular formula is C18H25NO3. The average Bonchev–Trinajstić information content (AvgIpc) is 2.45. The SMILES string of the molecule is C/C=C/[C@H]1c2ccc(OC)cc2CCN1C(=O)OC(C)(C)C. The highest BCUT2D eigenvalue weighted by molar-refractivity contribution is 5.70. The van der Waals surface area contributed by atoms with E-state index in [2.05, 4.69) is 6.07 Å². The van der Waals surface area contributed by atoms with Crippen molar-refractivity contribution < 1.29 is 14.3 Å². The Kier molecular flexibility index (Phi) is 4.79. The molecule has 0 unspecified atom stereocenters. The number of hydrogen-bond acceptors (Lipinski definition) is 3. The lowest BCUT2D eigenvalue weighted by molar-refractivity contribution is 0.0184. The summed E-state index contributed by atoms with van der Waals surface area (Å²) in [6.07, 6.45) is 4.55. The second-order valence-corrected chi connectivity index (χ2v) is 6.46. The first-order valence-corrected chi connectivity index (χ1v) is 7.65. The number of ether oxygens (including phenoxy) is 2. The van der Waals surface area contributed by atoms with Gasteiger partial charge in [0.15, 0.2) is 0 Å². The smallest absolute Gasteiger partial charge is 0.411 e. The third-order valence-electron chi connectivity index (χ3n) is 3.63. The van der Waals surface area contributed by atoms with Crippen molar-refractivity contribution in [2.45, 2.75) is 45.8 Å². The Morgan fingerprint density at radius 2 is 2.09 bits per heavy atom. The monoisotopic (exact) mass is 303 g/mol. The zero-order valence-electron chi connectivity index (χ0n) is 14.1. The first-order valence-electron chi connectivity index (χ1n) is 7.65. The summed E-state index contributed by atoms with van der Waals surface area (Å²) in [6, 6.07) is 5.94. The molecule has 0 spiro atoms. The molecule has 120 valence electrons. The average molecular weight is 303 g/mol. The van der Waals surface area contributed by atoms with E-state index in [4.69, 9.17) is 9.47 Å². The Hall–Kier alpha value is -1.97. The zero-order chi connectivity index (χ0) is 16.3. The van der Waals surface area contributed by atoms with Gasteiger partial charge in [-0.05, 0) is 57.4 Å². The molecule has 0 bridgehead atoms. The second kappa shape index (κ2) is 6.42. The molecule has 1 amide bonds. The molecule has 0 saturated carbocycles. The zero-order valence-corrected chi connectivity index (χ0v) is 14.1. The maximum atomic E-state index is 12.5. The van der Waals surface area contributed by atoms with Crippen LogP contribution in [0.25, 0.3) is 0 Å². The summed E-state index contributed by atoms with van der Waals surface area (Å²) in [6.45, 7) is 8.27. The molecule has 1 atom stereocenters. The van der Waals surface area contributed by atoms with Crippen molar-refractivity contribution in [1.82, 2.24) is 4.90 Å². The number of carbonyl (C=O) groups excluding carboxylic acids is 1. The lowest BCUT2D eigenvalue weighted by Gasteiger charge is -2.36. The van der Waals surface area contributed by atoms with Crippen LogP contribution in [0.3, 0.4) is 0 Å². The van der Waals surface area contributed by atoms with Crippen LogP contribution in [0.5, 0.6) is 5.75 Å². The van der Waals surface area contributed by atoms with Gasteiger partial charge in [0.2, 0.25) is 0 Å². The van der Waals surface area contributed by atoms with E-state index in [1.165, 1.54) is 5.56 Å². The molecule has 1 aliphatic rings. The van der Waals surface area contributed by atoms with Crippen LogP contribution in [-0.2, 0) is 11.2 Å². The molecule has 0 aromatic heterocycles. The molecule has 2 rings (SSSR count). The number of rotatable bonds is 2. The van der Waals surface area contributed by atoms with E-state index >= 15 is 0 Å². The number of carbonyl (C=O) groups is 1. The molecule has 0 aliphatic carbocycles. The number of allylic oxidation sites excluding steroid dienone is 1. The Bertz CT molecular complexity index is 572. The largest absolute Gasteiger partial charge is 0.497 e. The predicted molar refractivity (Wildman–Crippen MR) is 87.2 cm³/mol. The molecule has 4 nitrogen and oxygen atoms in total. The summed E-state index contributed by atoms with van der Waals surface area (Å²) >= 11 is 0. The summed E-state index contributed by atoms with van der Waals surface area (Å²) in [5.74, 6) is 0.851. The number of amides is 1. The van der Waals surface area contributed by atoms with Crippen LogP contribution >= 0.6 is 0 Å². The number of fused-ring (bicyclic) bond motifs is 1. The van der Waals surface area contributed by atoms with Gasteiger partial charge in [0, 0.05) is 6.54 Å². The van der Waals surface area contributed by atoms with E-state index < -0.39 is 5.60 Å². The van der Waals surface area contributed by atoms with Crippen molar-refractivity contribution >= 4 is 6.09 Å². The molecule has 0 radical (unpaired) electrons. The fourth-order valence-corrected chi connectivity index (χ4v) is 2.68. The summed E-state index contributed by atoms with van der Waals surface area (Å²) < 4.78 is 10.8. The topological polar surface area (TPSA) is 38.8 Å². The minimum absolute atomic E-state index is 0.0884. The number of benzene rings is 1. The fourth-order valence-electron chi connectivity index (χ4n) is 2.68. The Balaban J connectivity index is 2.32. The highest BCUT2D eigenvalue weighted by Crippen LogP contribution is 2.34. The maximum Gasteiger partial charge on any atom is 0.411 e.